The first kappa shape index (κ1) is 8.15. The summed E-state index contributed by atoms with van der Waals surface area (Å²) in [5, 5.41) is 7.96. The number of fused-ring (bicyclic) bond motifs is 3. The molecule has 3 heterocycles. The lowest BCUT2D eigenvalue weighted by atomic mass is 10.1. The van der Waals surface area contributed by atoms with Crippen LogP contribution in [-0.2, 0) is 7.05 Å². The molecule has 0 bridgehead atoms. The number of rotatable bonds is 0. The highest BCUT2D eigenvalue weighted by atomic mass is 15.4. The molecule has 76 valence electrons. The molecule has 3 rings (SSSR count). The first-order valence-corrected chi connectivity index (χ1v) is 5.31. The molecule has 1 fully saturated rings. The summed E-state index contributed by atoms with van der Waals surface area (Å²) in [6.45, 7) is 4.35. The quantitative estimate of drug-likeness (QED) is 0.668. The van der Waals surface area contributed by atoms with Gasteiger partial charge >= 0.3 is 0 Å². The highest BCUT2D eigenvalue weighted by Gasteiger charge is 2.33. The Morgan fingerprint density at radius 2 is 2.36 bits per heavy atom. The van der Waals surface area contributed by atoms with Gasteiger partial charge in [0.25, 0.3) is 0 Å². The zero-order chi connectivity index (χ0) is 9.71. The fourth-order valence-electron chi connectivity index (χ4n) is 2.73. The standard InChI is InChI=1S/C10H16N4/c1-7-9-10(13(2)12-7)14-5-3-4-8(14)6-11-9/h8,11H,3-6H2,1-2H3. The summed E-state index contributed by atoms with van der Waals surface area (Å²) in [5.74, 6) is 1.29. The summed E-state index contributed by atoms with van der Waals surface area (Å²) >= 11 is 0. The lowest BCUT2D eigenvalue weighted by molar-refractivity contribution is 0.647. The van der Waals surface area contributed by atoms with E-state index >= 15 is 0 Å². The third-order valence-corrected chi connectivity index (χ3v) is 3.36. The molecule has 14 heavy (non-hydrogen) atoms. The molecule has 1 atom stereocenters. The lowest BCUT2D eigenvalue weighted by Gasteiger charge is -2.32. The van der Waals surface area contributed by atoms with Crippen LogP contribution in [0.15, 0.2) is 0 Å². The summed E-state index contributed by atoms with van der Waals surface area (Å²) in [5.41, 5.74) is 2.36. The minimum atomic E-state index is 0.692. The van der Waals surface area contributed by atoms with Crippen molar-refractivity contribution in [1.29, 1.82) is 0 Å². The Labute approximate surface area is 83.9 Å². The van der Waals surface area contributed by atoms with E-state index in [-0.39, 0.29) is 0 Å². The summed E-state index contributed by atoms with van der Waals surface area (Å²) in [6, 6.07) is 0.692. The van der Waals surface area contributed by atoms with E-state index in [0.717, 1.165) is 12.2 Å². The number of nitrogens with one attached hydrogen (secondary N) is 1. The van der Waals surface area contributed by atoms with Crippen molar-refractivity contribution in [1.82, 2.24) is 9.78 Å². The van der Waals surface area contributed by atoms with Crippen LogP contribution >= 0.6 is 0 Å². The van der Waals surface area contributed by atoms with E-state index in [1.54, 1.807) is 0 Å². The molecule has 1 saturated heterocycles. The van der Waals surface area contributed by atoms with Gasteiger partial charge in [0, 0.05) is 26.2 Å². The lowest BCUT2D eigenvalue weighted by Crippen LogP contribution is -2.40. The molecular formula is C10H16N4. The number of anilines is 2. The van der Waals surface area contributed by atoms with Crippen molar-refractivity contribution in [2.24, 2.45) is 7.05 Å². The fraction of sp³-hybridized carbons (Fsp3) is 0.700. The van der Waals surface area contributed by atoms with E-state index in [2.05, 4.69) is 22.2 Å². The second-order valence-electron chi connectivity index (χ2n) is 4.28. The zero-order valence-electron chi connectivity index (χ0n) is 8.75. The van der Waals surface area contributed by atoms with Crippen molar-refractivity contribution >= 4 is 11.5 Å². The normalized spacial score (nSPS) is 24.4. The number of hydrogen-bond donors (Lipinski definition) is 1. The largest absolute Gasteiger partial charge is 0.378 e. The van der Waals surface area contributed by atoms with Crippen LogP contribution in [0.5, 0.6) is 0 Å². The fourth-order valence-corrected chi connectivity index (χ4v) is 2.73. The van der Waals surface area contributed by atoms with Crippen LogP contribution < -0.4 is 10.2 Å². The van der Waals surface area contributed by atoms with Gasteiger partial charge in [0.2, 0.25) is 0 Å². The smallest absolute Gasteiger partial charge is 0.150 e. The zero-order valence-corrected chi connectivity index (χ0v) is 8.75. The van der Waals surface area contributed by atoms with E-state index in [4.69, 9.17) is 0 Å². The highest BCUT2D eigenvalue weighted by molar-refractivity contribution is 5.72. The number of aromatic nitrogens is 2. The number of aryl methyl sites for hydroxylation is 2. The Morgan fingerprint density at radius 3 is 3.21 bits per heavy atom. The van der Waals surface area contributed by atoms with Gasteiger partial charge in [-0.15, -0.1) is 0 Å². The average molecular weight is 192 g/mol. The van der Waals surface area contributed by atoms with E-state index in [1.165, 1.54) is 30.9 Å². The van der Waals surface area contributed by atoms with Crippen LogP contribution in [0.3, 0.4) is 0 Å². The number of nitrogens with zero attached hydrogens (tertiary/aromatic N) is 3. The third kappa shape index (κ3) is 0.910. The molecule has 2 aliphatic heterocycles. The minimum absolute atomic E-state index is 0.692. The van der Waals surface area contributed by atoms with Gasteiger partial charge in [-0.25, -0.2) is 0 Å². The summed E-state index contributed by atoms with van der Waals surface area (Å²) in [7, 11) is 2.04. The molecule has 0 aliphatic carbocycles. The van der Waals surface area contributed by atoms with Crippen molar-refractivity contribution in [3.05, 3.63) is 5.69 Å². The van der Waals surface area contributed by atoms with Gasteiger partial charge < -0.3 is 10.2 Å². The predicted molar refractivity (Wildman–Crippen MR) is 56.8 cm³/mol. The van der Waals surface area contributed by atoms with Crippen molar-refractivity contribution < 1.29 is 0 Å². The summed E-state index contributed by atoms with van der Waals surface area (Å²) in [6.07, 6.45) is 2.63. The second kappa shape index (κ2) is 2.65. The van der Waals surface area contributed by atoms with Crippen LogP contribution in [-0.4, -0.2) is 28.9 Å². The molecule has 2 aliphatic rings. The molecule has 1 unspecified atom stereocenters. The molecule has 0 saturated carbocycles. The summed E-state index contributed by atoms with van der Waals surface area (Å²) < 4.78 is 2.01. The van der Waals surface area contributed by atoms with Gasteiger partial charge in [0.15, 0.2) is 5.82 Å². The SMILES string of the molecule is Cc1nn(C)c2c1NCC1CCCN21. The van der Waals surface area contributed by atoms with Crippen molar-refractivity contribution in [3.8, 4) is 0 Å². The molecule has 0 radical (unpaired) electrons. The highest BCUT2D eigenvalue weighted by Crippen LogP contribution is 2.37. The van der Waals surface area contributed by atoms with E-state index in [1.807, 2.05) is 11.7 Å². The topological polar surface area (TPSA) is 33.1 Å². The van der Waals surface area contributed by atoms with Crippen molar-refractivity contribution in [2.45, 2.75) is 25.8 Å². The maximum atomic E-state index is 4.47. The van der Waals surface area contributed by atoms with Crippen molar-refractivity contribution in [3.63, 3.8) is 0 Å². The first-order valence-electron chi connectivity index (χ1n) is 5.31. The molecule has 1 N–H and O–H groups in total. The molecule has 4 nitrogen and oxygen atoms in total. The van der Waals surface area contributed by atoms with Crippen LogP contribution in [0.2, 0.25) is 0 Å². The van der Waals surface area contributed by atoms with E-state index in [0.29, 0.717) is 6.04 Å². The third-order valence-electron chi connectivity index (χ3n) is 3.36. The molecule has 0 aromatic carbocycles. The Hall–Kier alpha value is -1.19. The van der Waals surface area contributed by atoms with Crippen LogP contribution in [0.4, 0.5) is 11.5 Å². The summed E-state index contributed by atoms with van der Waals surface area (Å²) in [4.78, 5) is 2.51. The van der Waals surface area contributed by atoms with Crippen LogP contribution in [0, 0.1) is 6.92 Å². The number of hydrogen-bond acceptors (Lipinski definition) is 3. The van der Waals surface area contributed by atoms with Gasteiger partial charge in [-0.1, -0.05) is 0 Å². The minimum Gasteiger partial charge on any atom is -0.378 e. The molecule has 0 spiro atoms. The van der Waals surface area contributed by atoms with Crippen molar-refractivity contribution in [2.75, 3.05) is 23.3 Å². The van der Waals surface area contributed by atoms with Crippen LogP contribution in [0.25, 0.3) is 0 Å². The van der Waals surface area contributed by atoms with Crippen LogP contribution in [0.1, 0.15) is 18.5 Å². The van der Waals surface area contributed by atoms with Gasteiger partial charge in [-0.2, -0.15) is 5.10 Å². The van der Waals surface area contributed by atoms with Gasteiger partial charge in [0.05, 0.1) is 5.69 Å². The second-order valence-corrected chi connectivity index (χ2v) is 4.28. The maximum absolute atomic E-state index is 4.47. The van der Waals surface area contributed by atoms with E-state index < -0.39 is 0 Å². The molecule has 4 heteroatoms. The molecule has 1 aromatic heterocycles. The molecule has 1 aromatic rings. The molecular weight excluding hydrogens is 176 g/mol. The maximum Gasteiger partial charge on any atom is 0.150 e. The van der Waals surface area contributed by atoms with Gasteiger partial charge in [-0.05, 0) is 19.8 Å². The molecule has 0 amide bonds. The Balaban J connectivity index is 2.12. The van der Waals surface area contributed by atoms with Gasteiger partial charge in [-0.3, -0.25) is 4.68 Å². The van der Waals surface area contributed by atoms with Gasteiger partial charge in [0.1, 0.15) is 5.69 Å². The first-order chi connectivity index (χ1) is 6.77. The Morgan fingerprint density at radius 1 is 1.50 bits per heavy atom. The monoisotopic (exact) mass is 192 g/mol. The predicted octanol–water partition coefficient (Wildman–Crippen LogP) is 1.12. The Kier molecular flexibility index (Phi) is 1.54. The average Bonchev–Trinajstić information content (AvgIpc) is 2.71. The van der Waals surface area contributed by atoms with E-state index in [9.17, 15) is 0 Å². The Bertz CT molecular complexity index is 368.